The van der Waals surface area contributed by atoms with Gasteiger partial charge in [0.25, 0.3) is 0 Å². The van der Waals surface area contributed by atoms with Crippen LogP contribution in [0.3, 0.4) is 0 Å². The van der Waals surface area contributed by atoms with Crippen molar-refractivity contribution in [2.24, 2.45) is 0 Å². The Morgan fingerprint density at radius 2 is 1.76 bits per heavy atom. The predicted octanol–water partition coefficient (Wildman–Crippen LogP) is 5.65. The van der Waals surface area contributed by atoms with E-state index in [1.807, 2.05) is 0 Å². The highest BCUT2D eigenvalue weighted by Gasteiger charge is 2.30. The quantitative estimate of drug-likeness (QED) is 0.303. The van der Waals surface area contributed by atoms with Gasteiger partial charge in [-0.3, -0.25) is 9.59 Å². The van der Waals surface area contributed by atoms with E-state index in [-0.39, 0.29) is 23.9 Å². The molecular weight excluding hydrogens is 488 g/mol. The number of aryl methyl sites for hydroxylation is 1. The van der Waals surface area contributed by atoms with E-state index in [4.69, 9.17) is 18.9 Å². The number of ether oxygens (including phenoxy) is 4. The van der Waals surface area contributed by atoms with Crippen LogP contribution in [0.25, 0.3) is 6.08 Å². The summed E-state index contributed by atoms with van der Waals surface area (Å²) in [5.74, 6) is 1.85. The predicted molar refractivity (Wildman–Crippen MR) is 128 cm³/mol. The Labute approximate surface area is 199 Å². The molecule has 1 aliphatic heterocycles. The van der Waals surface area contributed by atoms with Gasteiger partial charge in [-0.05, 0) is 48.9 Å². The second-order valence-electron chi connectivity index (χ2n) is 7.38. The lowest BCUT2D eigenvalue weighted by molar-refractivity contribution is 0.0920. The highest BCUT2D eigenvalue weighted by Crippen LogP contribution is 2.38. The molecule has 0 saturated heterocycles. The summed E-state index contributed by atoms with van der Waals surface area (Å²) in [6.07, 6.45) is 1.64. The van der Waals surface area contributed by atoms with Gasteiger partial charge in [0.2, 0.25) is 5.78 Å². The molecule has 0 bridgehead atoms. The van der Waals surface area contributed by atoms with E-state index >= 15 is 0 Å². The lowest BCUT2D eigenvalue weighted by Crippen LogP contribution is -2.11. The third-order valence-electron chi connectivity index (χ3n) is 5.21. The Bertz CT molecular complexity index is 1260. The maximum Gasteiger partial charge on any atom is 0.232 e. The minimum Gasteiger partial charge on any atom is -0.497 e. The number of hydrogen-bond acceptors (Lipinski definition) is 6. The van der Waals surface area contributed by atoms with E-state index in [0.717, 1.165) is 4.47 Å². The van der Waals surface area contributed by atoms with Crippen molar-refractivity contribution in [2.45, 2.75) is 6.92 Å². The molecule has 0 aromatic heterocycles. The first-order valence-electron chi connectivity index (χ1n) is 10.1. The third-order valence-corrected chi connectivity index (χ3v) is 5.74. The van der Waals surface area contributed by atoms with Crippen LogP contribution in [0, 0.1) is 6.92 Å². The number of fused-ring (bicyclic) bond motifs is 1. The summed E-state index contributed by atoms with van der Waals surface area (Å²) < 4.78 is 23.1. The first-order valence-corrected chi connectivity index (χ1v) is 10.9. The van der Waals surface area contributed by atoms with E-state index in [1.54, 1.807) is 81.8 Å². The molecular formula is C26H21BrO6. The van der Waals surface area contributed by atoms with E-state index in [1.165, 1.54) is 0 Å². The molecule has 1 aliphatic rings. The van der Waals surface area contributed by atoms with Crippen molar-refractivity contribution in [3.05, 3.63) is 87.1 Å². The smallest absolute Gasteiger partial charge is 0.232 e. The molecule has 0 fully saturated rings. The largest absolute Gasteiger partial charge is 0.497 e. The van der Waals surface area contributed by atoms with Gasteiger partial charge in [-0.2, -0.15) is 0 Å². The molecule has 33 heavy (non-hydrogen) atoms. The second-order valence-corrected chi connectivity index (χ2v) is 8.30. The standard InChI is InChI=1S/C26H21BrO6/c1-15-10-20(32-14-21(28)16-4-7-18(27)8-5-16)13-23-25(15)26(29)24(33-23)11-17-6-9-19(30-2)12-22(17)31-3/h4-13H,14H2,1-3H3/b24-11-. The molecule has 4 rings (SSSR count). The van der Waals surface area contributed by atoms with Gasteiger partial charge in [0.1, 0.15) is 23.0 Å². The molecule has 3 aromatic rings. The van der Waals surface area contributed by atoms with Crippen LogP contribution in [0.1, 0.15) is 31.8 Å². The number of Topliss-reactive ketones (excluding diaryl/α,β-unsaturated/α-hetero) is 2. The van der Waals surface area contributed by atoms with E-state index < -0.39 is 0 Å². The number of allylic oxidation sites excluding steroid dienone is 1. The summed E-state index contributed by atoms with van der Waals surface area (Å²) in [7, 11) is 3.12. The summed E-state index contributed by atoms with van der Waals surface area (Å²) >= 11 is 3.35. The van der Waals surface area contributed by atoms with Gasteiger partial charge in [-0.25, -0.2) is 0 Å². The average Bonchev–Trinajstić information content (AvgIpc) is 3.13. The van der Waals surface area contributed by atoms with Gasteiger partial charge in [-0.15, -0.1) is 0 Å². The van der Waals surface area contributed by atoms with Crippen molar-refractivity contribution in [1.29, 1.82) is 0 Å². The van der Waals surface area contributed by atoms with Crippen molar-refractivity contribution in [3.8, 4) is 23.0 Å². The molecule has 0 spiro atoms. The molecule has 7 heteroatoms. The molecule has 6 nitrogen and oxygen atoms in total. The maximum absolute atomic E-state index is 13.0. The lowest BCUT2D eigenvalue weighted by atomic mass is 10.0. The Balaban J connectivity index is 1.54. The van der Waals surface area contributed by atoms with Crippen LogP contribution in [0.2, 0.25) is 0 Å². The fourth-order valence-electron chi connectivity index (χ4n) is 3.51. The van der Waals surface area contributed by atoms with Crippen LogP contribution >= 0.6 is 15.9 Å². The van der Waals surface area contributed by atoms with Crippen LogP contribution in [0.5, 0.6) is 23.0 Å². The molecule has 0 atom stereocenters. The van der Waals surface area contributed by atoms with Gasteiger partial charge < -0.3 is 18.9 Å². The van der Waals surface area contributed by atoms with Crippen molar-refractivity contribution < 1.29 is 28.5 Å². The van der Waals surface area contributed by atoms with Crippen molar-refractivity contribution in [2.75, 3.05) is 20.8 Å². The highest BCUT2D eigenvalue weighted by atomic mass is 79.9. The van der Waals surface area contributed by atoms with Crippen molar-refractivity contribution in [3.63, 3.8) is 0 Å². The topological polar surface area (TPSA) is 71.1 Å². The Kier molecular flexibility index (Phi) is 6.51. The fourth-order valence-corrected chi connectivity index (χ4v) is 3.77. The van der Waals surface area contributed by atoms with Crippen molar-refractivity contribution >= 4 is 33.6 Å². The third kappa shape index (κ3) is 4.78. The van der Waals surface area contributed by atoms with Crippen molar-refractivity contribution in [1.82, 2.24) is 0 Å². The van der Waals surface area contributed by atoms with Gasteiger partial charge in [0, 0.05) is 27.7 Å². The zero-order valence-corrected chi connectivity index (χ0v) is 19.9. The number of benzene rings is 3. The molecule has 0 N–H and O–H groups in total. The fraction of sp³-hybridized carbons (Fsp3) is 0.154. The van der Waals surface area contributed by atoms with Crippen LogP contribution in [-0.4, -0.2) is 32.4 Å². The minimum atomic E-state index is -0.224. The summed E-state index contributed by atoms with van der Waals surface area (Å²) in [5, 5.41) is 0. The molecule has 168 valence electrons. The first-order chi connectivity index (χ1) is 15.9. The Hall–Kier alpha value is -3.58. The van der Waals surface area contributed by atoms with Crippen LogP contribution in [-0.2, 0) is 0 Å². The Morgan fingerprint density at radius 1 is 1.00 bits per heavy atom. The molecule has 3 aromatic carbocycles. The summed E-state index contributed by atoms with van der Waals surface area (Å²) in [6, 6.07) is 15.7. The number of rotatable bonds is 7. The van der Waals surface area contributed by atoms with Gasteiger partial charge in [-0.1, -0.05) is 28.1 Å². The number of carbonyl (C=O) groups is 2. The average molecular weight is 509 g/mol. The van der Waals surface area contributed by atoms with E-state index in [0.29, 0.717) is 45.3 Å². The molecule has 0 unspecified atom stereocenters. The molecule has 0 aliphatic carbocycles. The normalized spacial score (nSPS) is 13.5. The molecule has 0 radical (unpaired) electrons. The number of hydrogen-bond donors (Lipinski definition) is 0. The zero-order valence-electron chi connectivity index (χ0n) is 18.3. The lowest BCUT2D eigenvalue weighted by Gasteiger charge is -2.09. The van der Waals surface area contributed by atoms with Gasteiger partial charge >= 0.3 is 0 Å². The Morgan fingerprint density at radius 3 is 2.45 bits per heavy atom. The maximum atomic E-state index is 13.0. The van der Waals surface area contributed by atoms with E-state index in [2.05, 4.69) is 15.9 Å². The van der Waals surface area contributed by atoms with Gasteiger partial charge in [0.15, 0.2) is 18.1 Å². The van der Waals surface area contributed by atoms with Gasteiger partial charge in [0.05, 0.1) is 19.8 Å². The van der Waals surface area contributed by atoms with Crippen LogP contribution in [0.4, 0.5) is 0 Å². The SMILES string of the molecule is COc1ccc(/C=C2\Oc3cc(OCC(=O)c4ccc(Br)cc4)cc(C)c3C2=O)c(OC)c1. The zero-order chi connectivity index (χ0) is 23.5. The number of halogens is 1. The molecule has 0 saturated carbocycles. The van der Waals surface area contributed by atoms with Crippen LogP contribution < -0.4 is 18.9 Å². The summed E-state index contributed by atoms with van der Waals surface area (Å²) in [5.41, 5.74) is 2.42. The number of methoxy groups -OCH3 is 2. The molecule has 1 heterocycles. The number of carbonyl (C=O) groups excluding carboxylic acids is 2. The van der Waals surface area contributed by atoms with E-state index in [9.17, 15) is 9.59 Å². The molecule has 0 amide bonds. The second kappa shape index (κ2) is 9.50. The van der Waals surface area contributed by atoms with Crippen LogP contribution in [0.15, 0.2) is 64.8 Å². The first kappa shape index (κ1) is 22.6. The summed E-state index contributed by atoms with van der Waals surface area (Å²) in [6.45, 7) is 1.68. The highest BCUT2D eigenvalue weighted by molar-refractivity contribution is 9.10. The monoisotopic (exact) mass is 508 g/mol. The minimum absolute atomic E-state index is 0.125. The summed E-state index contributed by atoms with van der Waals surface area (Å²) in [4.78, 5) is 25.4. The number of ketones is 2.